The fraction of sp³-hybridized carbons (Fsp3) is 0.600. The third kappa shape index (κ3) is 5.17. The average molecular weight is 269 g/mol. The maximum atomic E-state index is 13.3. The molecule has 0 aliphatic heterocycles. The van der Waals surface area contributed by atoms with E-state index in [0.717, 1.165) is 19.4 Å². The summed E-state index contributed by atoms with van der Waals surface area (Å²) in [5, 5.41) is 12.6. The maximum Gasteiger partial charge on any atom is 0.129 e. The highest BCUT2D eigenvalue weighted by Crippen LogP contribution is 2.17. The Morgan fingerprint density at radius 3 is 2.74 bits per heavy atom. The van der Waals surface area contributed by atoms with E-state index in [1.54, 1.807) is 19.1 Å². The lowest BCUT2D eigenvalue weighted by atomic mass is 9.97. The van der Waals surface area contributed by atoms with Crippen molar-refractivity contribution in [1.29, 1.82) is 0 Å². The van der Waals surface area contributed by atoms with Crippen LogP contribution in [0.4, 0.5) is 4.39 Å². The van der Waals surface area contributed by atoms with E-state index < -0.39 is 0 Å². The number of aliphatic hydroxyl groups is 1. The number of rotatable bonds is 8. The number of aryl methyl sites for hydroxylation is 1. The summed E-state index contributed by atoms with van der Waals surface area (Å²) in [6.07, 6.45) is 1.62. The molecule has 1 aromatic rings. The quantitative estimate of drug-likeness (QED) is 0.713. The van der Waals surface area contributed by atoms with Gasteiger partial charge in [-0.3, -0.25) is 0 Å². The number of hydrogen-bond acceptors (Lipinski definition) is 3. The molecule has 0 aromatic heterocycles. The third-order valence-corrected chi connectivity index (χ3v) is 3.24. The summed E-state index contributed by atoms with van der Waals surface area (Å²) in [7, 11) is 0. The Kier molecular flexibility index (Phi) is 6.25. The first-order valence-corrected chi connectivity index (χ1v) is 6.75. The van der Waals surface area contributed by atoms with E-state index in [4.69, 9.17) is 4.74 Å². The van der Waals surface area contributed by atoms with Crippen LogP contribution in [0, 0.1) is 12.7 Å². The molecule has 108 valence electrons. The summed E-state index contributed by atoms with van der Waals surface area (Å²) >= 11 is 0. The topological polar surface area (TPSA) is 41.5 Å². The van der Waals surface area contributed by atoms with Crippen molar-refractivity contribution in [3.63, 3.8) is 0 Å². The van der Waals surface area contributed by atoms with E-state index in [1.165, 1.54) is 6.07 Å². The van der Waals surface area contributed by atoms with Crippen molar-refractivity contribution < 1.29 is 14.2 Å². The molecule has 0 bridgehead atoms. The number of nitrogens with one attached hydrogen (secondary N) is 1. The summed E-state index contributed by atoms with van der Waals surface area (Å²) in [6.45, 7) is 7.16. The van der Waals surface area contributed by atoms with Crippen LogP contribution in [0.25, 0.3) is 0 Å². The molecule has 0 fully saturated rings. The summed E-state index contributed by atoms with van der Waals surface area (Å²) in [5.74, 6) is 0.308. The predicted molar refractivity (Wildman–Crippen MR) is 75.0 cm³/mol. The van der Waals surface area contributed by atoms with Gasteiger partial charge in [-0.25, -0.2) is 4.39 Å². The molecule has 1 unspecified atom stereocenters. The molecular weight excluding hydrogens is 245 g/mol. The Hall–Kier alpha value is -1.13. The van der Waals surface area contributed by atoms with Crippen LogP contribution in [0.2, 0.25) is 0 Å². The van der Waals surface area contributed by atoms with Crippen molar-refractivity contribution in [3.05, 3.63) is 29.6 Å². The molecule has 19 heavy (non-hydrogen) atoms. The van der Waals surface area contributed by atoms with Gasteiger partial charge in [-0.15, -0.1) is 0 Å². The number of ether oxygens (including phenoxy) is 1. The van der Waals surface area contributed by atoms with Gasteiger partial charge >= 0.3 is 0 Å². The van der Waals surface area contributed by atoms with Crippen molar-refractivity contribution >= 4 is 0 Å². The molecule has 4 heteroatoms. The fourth-order valence-corrected chi connectivity index (χ4v) is 1.97. The van der Waals surface area contributed by atoms with Gasteiger partial charge in [-0.2, -0.15) is 0 Å². The molecule has 1 atom stereocenters. The van der Waals surface area contributed by atoms with E-state index in [0.29, 0.717) is 17.9 Å². The van der Waals surface area contributed by atoms with Crippen LogP contribution < -0.4 is 10.1 Å². The van der Waals surface area contributed by atoms with Crippen LogP contribution in [0.1, 0.15) is 32.3 Å². The zero-order valence-corrected chi connectivity index (χ0v) is 12.0. The molecule has 0 aliphatic carbocycles. The molecule has 0 saturated heterocycles. The first-order chi connectivity index (χ1) is 9.00. The predicted octanol–water partition coefficient (Wildman–Crippen LogP) is 2.65. The zero-order valence-electron chi connectivity index (χ0n) is 12.0. The minimum Gasteiger partial charge on any atom is -0.493 e. The Balaban J connectivity index is 2.36. The minimum absolute atomic E-state index is 0.0972. The second kappa shape index (κ2) is 7.46. The molecule has 0 aliphatic rings. The fourth-order valence-electron chi connectivity index (χ4n) is 1.97. The Morgan fingerprint density at radius 2 is 2.16 bits per heavy atom. The van der Waals surface area contributed by atoms with E-state index in [-0.39, 0.29) is 18.0 Å². The van der Waals surface area contributed by atoms with Crippen LogP contribution >= 0.6 is 0 Å². The lowest BCUT2D eigenvalue weighted by molar-refractivity contribution is 0.158. The van der Waals surface area contributed by atoms with Crippen molar-refractivity contribution in [3.8, 4) is 5.75 Å². The second-order valence-corrected chi connectivity index (χ2v) is 5.11. The van der Waals surface area contributed by atoms with Crippen molar-refractivity contribution in [2.45, 2.75) is 39.2 Å². The van der Waals surface area contributed by atoms with E-state index in [1.807, 2.05) is 13.8 Å². The number of halogens is 1. The number of aliphatic hydroxyl groups excluding tert-OH is 1. The molecule has 0 amide bonds. The van der Waals surface area contributed by atoms with E-state index >= 15 is 0 Å². The molecule has 0 saturated carbocycles. The molecule has 1 aromatic carbocycles. The molecule has 0 spiro atoms. The first kappa shape index (κ1) is 15.9. The molecule has 0 heterocycles. The Labute approximate surface area is 114 Å². The summed E-state index contributed by atoms with van der Waals surface area (Å²) in [5.41, 5.74) is 0.351. The molecule has 2 N–H and O–H groups in total. The number of hydrogen-bond donors (Lipinski definition) is 2. The minimum atomic E-state index is -0.267. The summed E-state index contributed by atoms with van der Waals surface area (Å²) in [4.78, 5) is 0. The molecule has 0 radical (unpaired) electrons. The molecular formula is C15H24FNO2. The summed E-state index contributed by atoms with van der Waals surface area (Å²) in [6, 6.07) is 4.89. The zero-order chi connectivity index (χ0) is 14.3. The van der Waals surface area contributed by atoms with Gasteiger partial charge in [0.15, 0.2) is 0 Å². The van der Waals surface area contributed by atoms with Gasteiger partial charge in [-0.05, 0) is 44.9 Å². The normalized spacial score (nSPS) is 14.2. The lowest BCUT2D eigenvalue weighted by Gasteiger charge is -2.28. The van der Waals surface area contributed by atoms with Gasteiger partial charge in [0.05, 0.1) is 13.2 Å². The first-order valence-electron chi connectivity index (χ1n) is 6.75. The van der Waals surface area contributed by atoms with Crippen LogP contribution in [0.15, 0.2) is 18.2 Å². The van der Waals surface area contributed by atoms with Crippen LogP contribution in [-0.4, -0.2) is 30.4 Å². The van der Waals surface area contributed by atoms with E-state index in [9.17, 15) is 9.50 Å². The smallest absolute Gasteiger partial charge is 0.129 e. The Bertz CT molecular complexity index is 398. The van der Waals surface area contributed by atoms with Crippen molar-refractivity contribution in [2.24, 2.45) is 0 Å². The van der Waals surface area contributed by atoms with Gasteiger partial charge in [0, 0.05) is 11.6 Å². The van der Waals surface area contributed by atoms with Gasteiger partial charge in [0.25, 0.3) is 0 Å². The van der Waals surface area contributed by atoms with Crippen molar-refractivity contribution in [1.82, 2.24) is 5.32 Å². The number of benzene rings is 1. The van der Waals surface area contributed by atoms with Crippen molar-refractivity contribution in [2.75, 3.05) is 19.8 Å². The van der Waals surface area contributed by atoms with Gasteiger partial charge < -0.3 is 15.2 Å². The molecule has 1 rings (SSSR count). The molecule has 3 nitrogen and oxygen atoms in total. The monoisotopic (exact) mass is 269 g/mol. The van der Waals surface area contributed by atoms with Gasteiger partial charge in [-0.1, -0.05) is 13.0 Å². The summed E-state index contributed by atoms with van der Waals surface area (Å²) < 4.78 is 18.8. The average Bonchev–Trinajstić information content (AvgIpc) is 2.39. The van der Waals surface area contributed by atoms with Crippen LogP contribution in [0.5, 0.6) is 5.75 Å². The second-order valence-electron chi connectivity index (χ2n) is 5.11. The highest BCUT2D eigenvalue weighted by atomic mass is 19.1. The highest BCUT2D eigenvalue weighted by Gasteiger charge is 2.20. The lowest BCUT2D eigenvalue weighted by Crippen LogP contribution is -2.45. The Morgan fingerprint density at radius 1 is 1.42 bits per heavy atom. The standard InChI is InChI=1S/C15H24FNO2/c1-4-17-15(3,11-18)8-5-9-19-13-7-6-12(2)14(16)10-13/h6-7,10,17-18H,4-5,8-9,11H2,1-3H3. The van der Waals surface area contributed by atoms with Gasteiger partial charge in [0.2, 0.25) is 0 Å². The number of likely N-dealkylation sites (N-methyl/N-ethyl adjacent to an activating group) is 1. The SMILES string of the molecule is CCNC(C)(CO)CCCOc1ccc(C)c(F)c1. The highest BCUT2D eigenvalue weighted by molar-refractivity contribution is 5.27. The third-order valence-electron chi connectivity index (χ3n) is 3.24. The van der Waals surface area contributed by atoms with E-state index in [2.05, 4.69) is 5.32 Å². The largest absolute Gasteiger partial charge is 0.493 e. The maximum absolute atomic E-state index is 13.3. The van der Waals surface area contributed by atoms with Crippen LogP contribution in [0.3, 0.4) is 0 Å². The van der Waals surface area contributed by atoms with Gasteiger partial charge in [0.1, 0.15) is 11.6 Å². The van der Waals surface area contributed by atoms with Crippen LogP contribution in [-0.2, 0) is 0 Å².